The zero-order valence-electron chi connectivity index (χ0n) is 16.5. The molecule has 0 spiro atoms. The number of guanidine groups is 1. The maximum absolute atomic E-state index is 4.65. The second-order valence-electron chi connectivity index (χ2n) is 7.08. The summed E-state index contributed by atoms with van der Waals surface area (Å²) in [5.41, 5.74) is 2.52. The Kier molecular flexibility index (Phi) is 7.06. The summed E-state index contributed by atoms with van der Waals surface area (Å²) in [6, 6.07) is 6.45. The van der Waals surface area contributed by atoms with E-state index in [0.29, 0.717) is 12.5 Å². The van der Waals surface area contributed by atoms with Gasteiger partial charge in [0.25, 0.3) is 0 Å². The van der Waals surface area contributed by atoms with Gasteiger partial charge in [-0.1, -0.05) is 13.0 Å². The van der Waals surface area contributed by atoms with Gasteiger partial charge >= 0.3 is 0 Å². The zero-order chi connectivity index (χ0) is 19.1. The van der Waals surface area contributed by atoms with E-state index in [2.05, 4.69) is 73.3 Å². The van der Waals surface area contributed by atoms with Crippen LogP contribution in [-0.4, -0.2) is 62.7 Å². The minimum Gasteiger partial charge on any atom is -0.356 e. The van der Waals surface area contributed by atoms with E-state index in [1.165, 1.54) is 5.56 Å². The molecule has 7 heteroatoms. The fourth-order valence-corrected chi connectivity index (χ4v) is 3.86. The third-order valence-corrected chi connectivity index (χ3v) is 5.71. The minimum atomic E-state index is 0.458. The molecule has 1 aliphatic rings. The van der Waals surface area contributed by atoms with Crippen molar-refractivity contribution in [3.05, 3.63) is 46.3 Å². The van der Waals surface area contributed by atoms with Crippen LogP contribution in [0.3, 0.4) is 0 Å². The molecule has 1 saturated heterocycles. The van der Waals surface area contributed by atoms with Gasteiger partial charge in [0, 0.05) is 52.5 Å². The summed E-state index contributed by atoms with van der Waals surface area (Å²) < 4.78 is 0. The maximum Gasteiger partial charge on any atom is 0.191 e. The lowest BCUT2D eigenvalue weighted by molar-refractivity contribution is 0.312. The fourth-order valence-electron chi connectivity index (χ4n) is 3.07. The summed E-state index contributed by atoms with van der Waals surface area (Å²) in [5, 5.41) is 11.1. The highest BCUT2D eigenvalue weighted by molar-refractivity contribution is 7.07. The van der Waals surface area contributed by atoms with E-state index in [1.54, 1.807) is 18.4 Å². The molecule has 0 amide bonds. The first-order valence-corrected chi connectivity index (χ1v) is 10.4. The normalized spacial score (nSPS) is 17.0. The average molecular weight is 387 g/mol. The molecular formula is C20H30N6S. The van der Waals surface area contributed by atoms with Gasteiger partial charge in [-0.15, -0.1) is 0 Å². The van der Waals surface area contributed by atoms with Gasteiger partial charge in [-0.3, -0.25) is 4.99 Å². The fraction of sp³-hybridized carbons (Fsp3) is 0.500. The van der Waals surface area contributed by atoms with E-state index in [0.717, 1.165) is 50.1 Å². The van der Waals surface area contributed by atoms with E-state index in [9.17, 15) is 0 Å². The van der Waals surface area contributed by atoms with Crippen molar-refractivity contribution in [1.82, 2.24) is 20.5 Å². The predicted octanol–water partition coefficient (Wildman–Crippen LogP) is 2.36. The van der Waals surface area contributed by atoms with Crippen LogP contribution in [0.2, 0.25) is 0 Å². The number of piperazine rings is 1. The molecule has 0 saturated carbocycles. The zero-order valence-corrected chi connectivity index (χ0v) is 17.3. The van der Waals surface area contributed by atoms with Crippen LogP contribution in [0.25, 0.3) is 0 Å². The number of pyridine rings is 1. The van der Waals surface area contributed by atoms with Crippen LogP contribution in [0.15, 0.2) is 40.1 Å². The number of nitrogens with zero attached hydrogens (tertiary/aromatic N) is 4. The van der Waals surface area contributed by atoms with Crippen LogP contribution in [-0.2, 0) is 6.54 Å². The maximum atomic E-state index is 4.65. The van der Waals surface area contributed by atoms with Crippen molar-refractivity contribution >= 4 is 23.1 Å². The molecular weight excluding hydrogens is 356 g/mol. The van der Waals surface area contributed by atoms with Gasteiger partial charge in [0.2, 0.25) is 0 Å². The van der Waals surface area contributed by atoms with Crippen LogP contribution in [0, 0.1) is 0 Å². The number of hydrogen-bond acceptors (Lipinski definition) is 5. The molecule has 2 aromatic heterocycles. The Morgan fingerprint density at radius 3 is 2.67 bits per heavy atom. The third-order valence-electron chi connectivity index (χ3n) is 5.01. The first kappa shape index (κ1) is 19.6. The topological polar surface area (TPSA) is 55.8 Å². The van der Waals surface area contributed by atoms with E-state index in [4.69, 9.17) is 0 Å². The van der Waals surface area contributed by atoms with E-state index < -0.39 is 0 Å². The molecule has 0 aromatic carbocycles. The monoisotopic (exact) mass is 386 g/mol. The molecule has 1 unspecified atom stereocenters. The van der Waals surface area contributed by atoms with Crippen molar-refractivity contribution in [2.45, 2.75) is 19.4 Å². The first-order chi connectivity index (χ1) is 13.2. The van der Waals surface area contributed by atoms with E-state index in [1.807, 2.05) is 6.20 Å². The molecule has 0 bridgehead atoms. The number of hydrogen-bond donors (Lipinski definition) is 2. The molecule has 0 radical (unpaired) electrons. The average Bonchev–Trinajstić information content (AvgIpc) is 3.24. The Morgan fingerprint density at radius 1 is 1.22 bits per heavy atom. The summed E-state index contributed by atoms with van der Waals surface area (Å²) in [4.78, 5) is 13.7. The van der Waals surface area contributed by atoms with Crippen molar-refractivity contribution in [2.75, 3.05) is 51.7 Å². The number of anilines is 1. The Bertz CT molecular complexity index is 705. The van der Waals surface area contributed by atoms with Gasteiger partial charge in [-0.2, -0.15) is 11.3 Å². The summed E-state index contributed by atoms with van der Waals surface area (Å²) >= 11 is 1.74. The molecule has 1 aliphatic heterocycles. The Hall–Kier alpha value is -2.12. The molecule has 146 valence electrons. The highest BCUT2D eigenvalue weighted by atomic mass is 32.1. The number of thiophene rings is 1. The van der Waals surface area contributed by atoms with Gasteiger partial charge < -0.3 is 20.4 Å². The Balaban J connectivity index is 1.45. The minimum absolute atomic E-state index is 0.458. The predicted molar refractivity (Wildman–Crippen MR) is 115 cm³/mol. The SMILES string of the molecule is CN=C(NCc1ccc(N2CCN(C)CC2)nc1)NCC(C)c1ccsc1. The Labute approximate surface area is 166 Å². The van der Waals surface area contributed by atoms with Gasteiger partial charge in [0.15, 0.2) is 5.96 Å². The third kappa shape index (κ3) is 5.68. The van der Waals surface area contributed by atoms with Crippen molar-refractivity contribution < 1.29 is 0 Å². The summed E-state index contributed by atoms with van der Waals surface area (Å²) in [5.74, 6) is 2.35. The van der Waals surface area contributed by atoms with Crippen molar-refractivity contribution in [2.24, 2.45) is 4.99 Å². The number of rotatable bonds is 6. The molecule has 2 N–H and O–H groups in total. The lowest BCUT2D eigenvalue weighted by Crippen LogP contribution is -2.44. The van der Waals surface area contributed by atoms with Crippen LogP contribution >= 0.6 is 11.3 Å². The summed E-state index contributed by atoms with van der Waals surface area (Å²) in [7, 11) is 3.97. The largest absolute Gasteiger partial charge is 0.356 e. The summed E-state index contributed by atoms with van der Waals surface area (Å²) in [6.45, 7) is 8.07. The number of nitrogens with one attached hydrogen (secondary N) is 2. The lowest BCUT2D eigenvalue weighted by Gasteiger charge is -2.33. The number of aromatic nitrogens is 1. The quantitative estimate of drug-likeness (QED) is 0.590. The number of likely N-dealkylation sites (N-methyl/N-ethyl adjacent to an activating group) is 1. The van der Waals surface area contributed by atoms with E-state index in [-0.39, 0.29) is 0 Å². The molecule has 6 nitrogen and oxygen atoms in total. The first-order valence-electron chi connectivity index (χ1n) is 9.50. The van der Waals surface area contributed by atoms with Gasteiger partial charge in [-0.05, 0) is 47.0 Å². The molecule has 2 aromatic rings. The van der Waals surface area contributed by atoms with E-state index >= 15 is 0 Å². The highest BCUT2D eigenvalue weighted by Gasteiger charge is 2.15. The van der Waals surface area contributed by atoms with Gasteiger partial charge in [-0.25, -0.2) is 4.98 Å². The molecule has 27 heavy (non-hydrogen) atoms. The van der Waals surface area contributed by atoms with Gasteiger partial charge in [0.05, 0.1) is 0 Å². The van der Waals surface area contributed by atoms with Crippen LogP contribution in [0.4, 0.5) is 5.82 Å². The molecule has 3 heterocycles. The van der Waals surface area contributed by atoms with Crippen molar-refractivity contribution in [1.29, 1.82) is 0 Å². The molecule has 0 aliphatic carbocycles. The van der Waals surface area contributed by atoms with Crippen molar-refractivity contribution in [3.8, 4) is 0 Å². The number of aliphatic imine (C=N–C) groups is 1. The molecule has 1 fully saturated rings. The second kappa shape index (κ2) is 9.71. The van der Waals surface area contributed by atoms with Crippen LogP contribution in [0.5, 0.6) is 0 Å². The van der Waals surface area contributed by atoms with Crippen molar-refractivity contribution in [3.63, 3.8) is 0 Å². The van der Waals surface area contributed by atoms with Gasteiger partial charge in [0.1, 0.15) is 5.82 Å². The highest BCUT2D eigenvalue weighted by Crippen LogP contribution is 2.17. The van der Waals surface area contributed by atoms with Crippen LogP contribution in [0.1, 0.15) is 24.0 Å². The molecule has 1 atom stereocenters. The summed E-state index contributed by atoms with van der Waals surface area (Å²) in [6.07, 6.45) is 1.96. The second-order valence-corrected chi connectivity index (χ2v) is 7.86. The smallest absolute Gasteiger partial charge is 0.191 e. The molecule has 3 rings (SSSR count). The van der Waals surface area contributed by atoms with Crippen LogP contribution < -0.4 is 15.5 Å². The standard InChI is InChI=1S/C20H30N6S/c1-16(18-6-11-27-15-18)12-23-20(21-2)24-14-17-4-5-19(22-13-17)26-9-7-25(3)8-10-26/h4-6,11,13,15-16H,7-10,12,14H2,1-3H3,(H2,21,23,24). The lowest BCUT2D eigenvalue weighted by atomic mass is 10.1. The Morgan fingerprint density at radius 2 is 2.04 bits per heavy atom.